The number of amides is 1. The Kier molecular flexibility index (Phi) is 5.44. The quantitative estimate of drug-likeness (QED) is 0.438. The predicted molar refractivity (Wildman–Crippen MR) is 101 cm³/mol. The van der Waals surface area contributed by atoms with Crippen molar-refractivity contribution in [1.29, 1.82) is 0 Å². The van der Waals surface area contributed by atoms with E-state index < -0.39 is 0 Å². The van der Waals surface area contributed by atoms with E-state index in [-0.39, 0.29) is 11.9 Å². The van der Waals surface area contributed by atoms with E-state index in [4.69, 9.17) is 10.3 Å². The molecule has 3 rings (SSSR count). The zero-order chi connectivity index (χ0) is 18.5. The molecule has 6 heteroatoms. The van der Waals surface area contributed by atoms with Crippen LogP contribution in [0.25, 0.3) is 21.6 Å². The lowest BCUT2D eigenvalue weighted by Gasteiger charge is -2.24. The maximum atomic E-state index is 12.2. The van der Waals surface area contributed by atoms with Crippen LogP contribution in [0.3, 0.4) is 0 Å². The second-order valence-electron chi connectivity index (χ2n) is 6.53. The Morgan fingerprint density at radius 3 is 2.88 bits per heavy atom. The summed E-state index contributed by atoms with van der Waals surface area (Å²) in [6.45, 7) is 2.89. The van der Waals surface area contributed by atoms with Crippen molar-refractivity contribution in [1.82, 2.24) is 4.90 Å². The molecule has 1 atom stereocenters. The van der Waals surface area contributed by atoms with Crippen LogP contribution in [0.4, 0.5) is 0 Å². The van der Waals surface area contributed by atoms with Crippen LogP contribution in [0.5, 0.6) is 5.75 Å². The van der Waals surface area contributed by atoms with E-state index in [1.165, 1.54) is 5.56 Å². The van der Waals surface area contributed by atoms with Crippen molar-refractivity contribution in [3.8, 4) is 16.9 Å². The molecule has 1 amide bonds. The molecule has 0 spiro atoms. The van der Waals surface area contributed by atoms with Crippen LogP contribution in [-0.2, 0) is 11.3 Å². The van der Waals surface area contributed by atoms with Crippen molar-refractivity contribution in [3.05, 3.63) is 64.0 Å². The third-order valence-electron chi connectivity index (χ3n) is 4.75. The fourth-order valence-corrected chi connectivity index (χ4v) is 3.42. The second-order valence-corrected chi connectivity index (χ2v) is 6.53. The molecule has 0 saturated carbocycles. The minimum atomic E-state index is -0.0251. The minimum absolute atomic E-state index is 0.0251. The lowest BCUT2D eigenvalue weighted by Crippen LogP contribution is -2.34. The molecule has 2 aromatic rings. The van der Waals surface area contributed by atoms with E-state index in [9.17, 15) is 4.79 Å². The van der Waals surface area contributed by atoms with Gasteiger partial charge in [-0.2, -0.15) is 0 Å². The van der Waals surface area contributed by atoms with Crippen molar-refractivity contribution >= 4 is 5.91 Å². The molecule has 2 aromatic carbocycles. The summed E-state index contributed by atoms with van der Waals surface area (Å²) in [6.07, 6.45) is 1.24. The first-order chi connectivity index (χ1) is 12.6. The van der Waals surface area contributed by atoms with Gasteiger partial charge in [0.2, 0.25) is 5.91 Å². The van der Waals surface area contributed by atoms with Gasteiger partial charge in [0.25, 0.3) is 0 Å². The Hall–Kier alpha value is -2.98. The molecule has 26 heavy (non-hydrogen) atoms. The van der Waals surface area contributed by atoms with Crippen molar-refractivity contribution in [3.63, 3.8) is 0 Å². The van der Waals surface area contributed by atoms with Gasteiger partial charge in [-0.25, -0.2) is 0 Å². The average Bonchev–Trinajstić information content (AvgIpc) is 2.99. The number of nitrogens with zero attached hydrogens (tertiary/aromatic N) is 4. The summed E-state index contributed by atoms with van der Waals surface area (Å²) in [5, 5.41) is 3.65. The third-order valence-corrected chi connectivity index (χ3v) is 4.75. The number of likely N-dealkylation sites (tertiary alicyclic amines) is 1. The van der Waals surface area contributed by atoms with Gasteiger partial charge in [0.05, 0.1) is 7.11 Å². The number of rotatable bonds is 6. The van der Waals surface area contributed by atoms with Crippen molar-refractivity contribution in [2.45, 2.75) is 32.4 Å². The van der Waals surface area contributed by atoms with E-state index in [0.29, 0.717) is 19.5 Å². The van der Waals surface area contributed by atoms with Crippen LogP contribution in [0, 0.1) is 6.92 Å². The Morgan fingerprint density at radius 2 is 2.15 bits per heavy atom. The molecule has 1 aliphatic heterocycles. The van der Waals surface area contributed by atoms with Gasteiger partial charge in [-0.1, -0.05) is 41.0 Å². The highest BCUT2D eigenvalue weighted by Crippen LogP contribution is 2.32. The fraction of sp³-hybridized carbons (Fsp3) is 0.350. The highest BCUT2D eigenvalue weighted by Gasteiger charge is 2.30. The Balaban J connectivity index is 1.90. The zero-order valence-electron chi connectivity index (χ0n) is 15.1. The molecule has 1 aliphatic rings. The summed E-state index contributed by atoms with van der Waals surface area (Å²) in [5.41, 5.74) is 12.9. The standard InChI is InChI=1S/C20H22N4O2/c1-14-4-3-5-16(10-14)18-11-15(6-8-19(18)26-2)13-24-17(12-22-23-21)7-9-20(24)25/h3-6,8,10-11,17H,7,9,12-13H2,1-2H3/t17-/m0/s1. The van der Waals surface area contributed by atoms with Crippen molar-refractivity contribution < 1.29 is 9.53 Å². The topological polar surface area (TPSA) is 78.3 Å². The van der Waals surface area contributed by atoms with Crippen LogP contribution < -0.4 is 4.74 Å². The van der Waals surface area contributed by atoms with Crippen molar-refractivity contribution in [2.75, 3.05) is 13.7 Å². The van der Waals surface area contributed by atoms with Gasteiger partial charge in [0.1, 0.15) is 5.75 Å². The Labute approximate surface area is 153 Å². The molecule has 0 aromatic heterocycles. The van der Waals surface area contributed by atoms with Crippen LogP contribution in [0.1, 0.15) is 24.0 Å². The highest BCUT2D eigenvalue weighted by molar-refractivity contribution is 5.79. The van der Waals surface area contributed by atoms with Gasteiger partial charge in [-0.15, -0.1) is 0 Å². The summed E-state index contributed by atoms with van der Waals surface area (Å²) < 4.78 is 5.52. The van der Waals surface area contributed by atoms with Crippen LogP contribution >= 0.6 is 0 Å². The smallest absolute Gasteiger partial charge is 0.223 e. The number of hydrogen-bond acceptors (Lipinski definition) is 3. The summed E-state index contributed by atoms with van der Waals surface area (Å²) in [7, 11) is 1.66. The number of ether oxygens (including phenoxy) is 1. The normalized spacial score (nSPS) is 16.5. The number of carbonyl (C=O) groups is 1. The summed E-state index contributed by atoms with van der Waals surface area (Å²) >= 11 is 0. The first-order valence-corrected chi connectivity index (χ1v) is 8.66. The average molecular weight is 350 g/mol. The monoisotopic (exact) mass is 350 g/mol. The molecule has 1 heterocycles. The van der Waals surface area contributed by atoms with Gasteiger partial charge >= 0.3 is 0 Å². The predicted octanol–water partition coefficient (Wildman–Crippen LogP) is 4.47. The maximum absolute atomic E-state index is 12.2. The second kappa shape index (κ2) is 7.93. The maximum Gasteiger partial charge on any atom is 0.223 e. The summed E-state index contributed by atoms with van der Waals surface area (Å²) in [4.78, 5) is 16.9. The molecule has 0 unspecified atom stereocenters. The van der Waals surface area contributed by atoms with Gasteiger partial charge in [-0.05, 0) is 42.1 Å². The molecule has 0 aliphatic carbocycles. The molecular weight excluding hydrogens is 328 g/mol. The zero-order valence-corrected chi connectivity index (χ0v) is 15.1. The highest BCUT2D eigenvalue weighted by atomic mass is 16.5. The largest absolute Gasteiger partial charge is 0.496 e. The number of hydrogen-bond donors (Lipinski definition) is 0. The fourth-order valence-electron chi connectivity index (χ4n) is 3.42. The number of carbonyl (C=O) groups excluding carboxylic acids is 1. The van der Waals surface area contributed by atoms with Crippen LogP contribution in [0.2, 0.25) is 0 Å². The van der Waals surface area contributed by atoms with Gasteiger partial charge in [0, 0.05) is 36.0 Å². The van der Waals surface area contributed by atoms with Crippen LogP contribution in [0.15, 0.2) is 47.6 Å². The van der Waals surface area contributed by atoms with E-state index >= 15 is 0 Å². The first kappa shape index (κ1) is 17.8. The number of benzene rings is 2. The van der Waals surface area contributed by atoms with E-state index in [2.05, 4.69) is 41.2 Å². The van der Waals surface area contributed by atoms with E-state index in [1.54, 1.807) is 7.11 Å². The van der Waals surface area contributed by atoms with E-state index in [1.807, 2.05) is 23.1 Å². The van der Waals surface area contributed by atoms with Crippen molar-refractivity contribution in [2.24, 2.45) is 5.11 Å². The third kappa shape index (κ3) is 3.81. The molecule has 0 bridgehead atoms. The molecule has 6 nitrogen and oxygen atoms in total. The number of azide groups is 1. The Bertz CT molecular complexity index is 859. The lowest BCUT2D eigenvalue weighted by molar-refractivity contribution is -0.129. The molecule has 134 valence electrons. The molecular formula is C20H22N4O2. The van der Waals surface area contributed by atoms with Crippen LogP contribution in [-0.4, -0.2) is 30.5 Å². The number of methoxy groups -OCH3 is 1. The first-order valence-electron chi connectivity index (χ1n) is 8.66. The molecule has 0 radical (unpaired) electrons. The molecule has 1 saturated heterocycles. The Morgan fingerprint density at radius 1 is 1.31 bits per heavy atom. The summed E-state index contributed by atoms with van der Waals surface area (Å²) in [5.74, 6) is 0.911. The van der Waals surface area contributed by atoms with E-state index in [0.717, 1.165) is 28.9 Å². The SMILES string of the molecule is COc1ccc(CN2C(=O)CC[C@H]2CN=[N+]=[N-])cc1-c1cccc(C)c1. The number of aryl methyl sites for hydroxylation is 1. The lowest BCUT2D eigenvalue weighted by atomic mass is 10.00. The molecule has 1 fully saturated rings. The molecule has 0 N–H and O–H groups in total. The summed E-state index contributed by atoms with van der Waals surface area (Å²) in [6, 6.07) is 14.2. The minimum Gasteiger partial charge on any atom is -0.496 e. The van der Waals surface area contributed by atoms with Gasteiger partial charge in [-0.3, -0.25) is 4.79 Å². The van der Waals surface area contributed by atoms with Gasteiger partial charge < -0.3 is 9.64 Å². The van der Waals surface area contributed by atoms with Gasteiger partial charge in [0.15, 0.2) is 0 Å².